The second kappa shape index (κ2) is 6.04. The van der Waals surface area contributed by atoms with E-state index in [1.165, 1.54) is 11.6 Å². The highest BCUT2D eigenvalue weighted by Gasteiger charge is 2.74. The van der Waals surface area contributed by atoms with Gasteiger partial charge < -0.3 is 4.74 Å². The Bertz CT molecular complexity index is 1140. The lowest BCUT2D eigenvalue weighted by Crippen LogP contribution is -2.21. The van der Waals surface area contributed by atoms with Crippen LogP contribution in [0.2, 0.25) is 0 Å². The Balaban J connectivity index is 1.55. The second-order valence-electron chi connectivity index (χ2n) is 7.37. The first-order valence-electron chi connectivity index (χ1n) is 9.35. The van der Waals surface area contributed by atoms with Gasteiger partial charge in [-0.1, -0.05) is 49.4 Å². The van der Waals surface area contributed by atoms with Crippen LogP contribution in [0.1, 0.15) is 29.2 Å². The number of hydrogen-bond acceptors (Lipinski definition) is 1. The molecule has 1 heterocycles. The van der Waals surface area contributed by atoms with Gasteiger partial charge in [0.05, 0.1) is 0 Å². The van der Waals surface area contributed by atoms with Gasteiger partial charge in [0.25, 0.3) is 5.85 Å². The van der Waals surface area contributed by atoms with Gasteiger partial charge in [-0.15, -0.1) is 0 Å². The molecule has 3 aromatic carbocycles. The molecular formula is C24H16F4O. The first-order chi connectivity index (χ1) is 13.9. The van der Waals surface area contributed by atoms with Gasteiger partial charge in [0.1, 0.15) is 0 Å². The molecule has 3 aromatic rings. The van der Waals surface area contributed by atoms with Gasteiger partial charge in [0.15, 0.2) is 23.1 Å². The molecule has 146 valence electrons. The average molecular weight is 396 g/mol. The van der Waals surface area contributed by atoms with Crippen molar-refractivity contribution >= 4 is 6.08 Å². The molecule has 1 aliphatic heterocycles. The van der Waals surface area contributed by atoms with E-state index in [4.69, 9.17) is 4.74 Å². The van der Waals surface area contributed by atoms with Crippen molar-refractivity contribution in [1.29, 1.82) is 0 Å². The summed E-state index contributed by atoms with van der Waals surface area (Å²) < 4.78 is 61.7. The van der Waals surface area contributed by atoms with E-state index in [9.17, 15) is 13.2 Å². The fourth-order valence-corrected chi connectivity index (χ4v) is 4.02. The van der Waals surface area contributed by atoms with Crippen molar-refractivity contribution in [1.82, 2.24) is 0 Å². The van der Waals surface area contributed by atoms with E-state index in [-0.39, 0.29) is 11.1 Å². The van der Waals surface area contributed by atoms with Gasteiger partial charge in [0, 0.05) is 11.1 Å². The summed E-state index contributed by atoms with van der Waals surface area (Å²) in [5.74, 6) is -6.60. The first kappa shape index (κ1) is 18.1. The lowest BCUT2D eigenvalue weighted by molar-refractivity contribution is 0.140. The highest BCUT2D eigenvalue weighted by molar-refractivity contribution is 5.73. The van der Waals surface area contributed by atoms with Crippen molar-refractivity contribution in [2.45, 2.75) is 24.8 Å². The van der Waals surface area contributed by atoms with E-state index in [0.717, 1.165) is 29.7 Å². The fourth-order valence-electron chi connectivity index (χ4n) is 4.02. The molecule has 0 N–H and O–H groups in total. The monoisotopic (exact) mass is 396 g/mol. The van der Waals surface area contributed by atoms with Crippen LogP contribution < -0.4 is 0 Å². The average Bonchev–Trinajstić information content (AvgIpc) is 3.39. The number of aryl methyl sites for hydroxylation is 1. The third kappa shape index (κ3) is 2.50. The van der Waals surface area contributed by atoms with E-state index in [2.05, 4.69) is 6.92 Å². The Morgan fingerprint density at radius 1 is 0.862 bits per heavy atom. The number of hydrogen-bond donors (Lipinski definition) is 0. The van der Waals surface area contributed by atoms with Crippen molar-refractivity contribution in [3.05, 3.63) is 100 Å². The van der Waals surface area contributed by atoms with Gasteiger partial charge in [-0.25, -0.2) is 17.6 Å². The second-order valence-corrected chi connectivity index (χ2v) is 7.37. The predicted octanol–water partition coefficient (Wildman–Crippen LogP) is 6.41. The maximum atomic E-state index is 15.7. The zero-order valence-electron chi connectivity index (χ0n) is 15.5. The minimum atomic E-state index is -2.25. The lowest BCUT2D eigenvalue weighted by atomic mass is 9.82. The van der Waals surface area contributed by atoms with Crippen LogP contribution in [-0.4, -0.2) is 0 Å². The van der Waals surface area contributed by atoms with Crippen LogP contribution in [0.25, 0.3) is 17.2 Å². The van der Waals surface area contributed by atoms with Crippen LogP contribution in [0.3, 0.4) is 0 Å². The highest BCUT2D eigenvalue weighted by Crippen LogP contribution is 2.67. The summed E-state index contributed by atoms with van der Waals surface area (Å²) in [5, 5.41) is 0. The van der Waals surface area contributed by atoms with Crippen LogP contribution in [-0.2, 0) is 22.6 Å². The Morgan fingerprint density at radius 3 is 2.17 bits per heavy atom. The Hall–Kier alpha value is -2.92. The van der Waals surface area contributed by atoms with Gasteiger partial charge in [0.2, 0.25) is 0 Å². The summed E-state index contributed by atoms with van der Waals surface area (Å²) in [6.45, 7) is 2.08. The topological polar surface area (TPSA) is 12.5 Å². The number of alkyl halides is 1. The molecule has 0 bridgehead atoms. The van der Waals surface area contributed by atoms with E-state index < -0.39 is 28.9 Å². The summed E-state index contributed by atoms with van der Waals surface area (Å²) >= 11 is 0. The molecule has 29 heavy (non-hydrogen) atoms. The SMILES string of the molecule is CCc1ccc(-c2ccc3c(c2)C=CC2(c4cc(F)c(F)c(F)c4)OC32F)cc1. The van der Waals surface area contributed by atoms with E-state index in [1.807, 2.05) is 30.3 Å². The number of ether oxygens (including phenoxy) is 1. The molecule has 0 saturated carbocycles. The molecule has 2 atom stereocenters. The van der Waals surface area contributed by atoms with Crippen LogP contribution in [0.4, 0.5) is 17.6 Å². The van der Waals surface area contributed by atoms with Crippen LogP contribution in [0.5, 0.6) is 0 Å². The Morgan fingerprint density at radius 2 is 1.52 bits per heavy atom. The number of epoxide rings is 1. The third-order valence-corrected chi connectivity index (χ3v) is 5.74. The number of benzene rings is 3. The molecule has 2 aliphatic rings. The summed E-state index contributed by atoms with van der Waals surface area (Å²) in [4.78, 5) is 0. The molecule has 0 amide bonds. The number of fused-ring (bicyclic) bond motifs is 3. The first-order valence-corrected chi connectivity index (χ1v) is 9.35. The molecular weight excluding hydrogens is 380 g/mol. The van der Waals surface area contributed by atoms with Crippen molar-refractivity contribution in [3.63, 3.8) is 0 Å². The van der Waals surface area contributed by atoms with Crippen molar-refractivity contribution < 1.29 is 22.3 Å². The zero-order chi connectivity index (χ0) is 20.4. The molecule has 1 aliphatic carbocycles. The molecule has 5 heteroatoms. The summed E-state index contributed by atoms with van der Waals surface area (Å²) in [6, 6.07) is 14.9. The molecule has 0 aromatic heterocycles. The fraction of sp³-hybridized carbons (Fsp3) is 0.167. The minimum Gasteiger partial charge on any atom is -0.317 e. The molecule has 0 radical (unpaired) electrons. The standard InChI is InChI=1S/C24H16F4O/c1-2-14-3-5-15(6-4-14)16-7-8-19-17(11-16)9-10-23(24(19,28)29-23)18-12-20(25)22(27)21(26)13-18/h3-13H,2H2,1H3. The normalized spacial score (nSPS) is 24.2. The van der Waals surface area contributed by atoms with Crippen LogP contribution in [0.15, 0.2) is 60.7 Å². The smallest absolute Gasteiger partial charge is 0.274 e. The van der Waals surface area contributed by atoms with Crippen molar-refractivity contribution in [2.24, 2.45) is 0 Å². The molecule has 5 rings (SSSR count). The molecule has 0 spiro atoms. The molecule has 1 saturated heterocycles. The van der Waals surface area contributed by atoms with Crippen LogP contribution in [0, 0.1) is 17.5 Å². The minimum absolute atomic E-state index is 0.0995. The Labute approximate surface area is 165 Å². The summed E-state index contributed by atoms with van der Waals surface area (Å²) in [5.41, 5.74) is 2.30. The van der Waals surface area contributed by atoms with Crippen molar-refractivity contribution in [3.8, 4) is 11.1 Å². The van der Waals surface area contributed by atoms with Gasteiger partial charge in [-0.3, -0.25) is 0 Å². The largest absolute Gasteiger partial charge is 0.317 e. The zero-order valence-corrected chi connectivity index (χ0v) is 15.5. The van der Waals surface area contributed by atoms with Gasteiger partial charge in [-0.05, 0) is 52.9 Å². The maximum absolute atomic E-state index is 15.7. The highest BCUT2D eigenvalue weighted by atomic mass is 19.2. The summed E-state index contributed by atoms with van der Waals surface area (Å²) in [6.07, 6.45) is 4.05. The molecule has 1 fully saturated rings. The van der Waals surface area contributed by atoms with Crippen LogP contribution >= 0.6 is 0 Å². The van der Waals surface area contributed by atoms with Crippen molar-refractivity contribution in [2.75, 3.05) is 0 Å². The number of halogens is 4. The lowest BCUT2D eigenvalue weighted by Gasteiger charge is -2.19. The quantitative estimate of drug-likeness (QED) is 0.283. The molecule has 1 nitrogen and oxygen atoms in total. The number of rotatable bonds is 3. The van der Waals surface area contributed by atoms with Gasteiger partial charge >= 0.3 is 0 Å². The Kier molecular flexibility index (Phi) is 3.77. The van der Waals surface area contributed by atoms with E-state index in [0.29, 0.717) is 5.56 Å². The summed E-state index contributed by atoms with van der Waals surface area (Å²) in [7, 11) is 0. The maximum Gasteiger partial charge on any atom is 0.274 e. The van der Waals surface area contributed by atoms with E-state index in [1.54, 1.807) is 18.2 Å². The van der Waals surface area contributed by atoms with E-state index >= 15 is 4.39 Å². The predicted molar refractivity (Wildman–Crippen MR) is 102 cm³/mol. The molecule has 2 unspecified atom stereocenters. The van der Waals surface area contributed by atoms with Gasteiger partial charge in [-0.2, -0.15) is 0 Å². The third-order valence-electron chi connectivity index (χ3n) is 5.74.